The third kappa shape index (κ3) is 2.71. The molecule has 3 unspecified atom stereocenters. The van der Waals surface area contributed by atoms with Gasteiger partial charge < -0.3 is 4.90 Å². The first-order chi connectivity index (χ1) is 9.13. The zero-order valence-electron chi connectivity index (χ0n) is 11.9. The minimum absolute atomic E-state index is 0.338. The monoisotopic (exact) mass is 277 g/mol. The molecule has 0 N–H and O–H groups in total. The van der Waals surface area contributed by atoms with E-state index in [4.69, 9.17) is 0 Å². The lowest BCUT2D eigenvalue weighted by Crippen LogP contribution is -2.29. The largest absolute Gasteiger partial charge is 0.341 e. The van der Waals surface area contributed by atoms with Gasteiger partial charge in [-0.15, -0.1) is 11.3 Å². The highest BCUT2D eigenvalue weighted by Gasteiger charge is 2.40. The van der Waals surface area contributed by atoms with Gasteiger partial charge in [0.25, 0.3) is 0 Å². The Morgan fingerprint density at radius 3 is 2.84 bits per heavy atom. The molecule has 0 radical (unpaired) electrons. The lowest BCUT2D eigenvalue weighted by Gasteiger charge is -2.24. The number of fused-ring (bicyclic) bond motifs is 2. The van der Waals surface area contributed by atoms with E-state index >= 15 is 0 Å². The van der Waals surface area contributed by atoms with Crippen molar-refractivity contribution in [2.45, 2.75) is 45.6 Å². The van der Waals surface area contributed by atoms with Crippen LogP contribution in [0.1, 0.15) is 42.5 Å². The van der Waals surface area contributed by atoms with Crippen LogP contribution in [0.4, 0.5) is 0 Å². The van der Waals surface area contributed by atoms with E-state index in [1.807, 2.05) is 11.9 Å². The number of rotatable bonds is 4. The van der Waals surface area contributed by atoms with Crippen molar-refractivity contribution in [1.29, 1.82) is 0 Å². The Kier molecular flexibility index (Phi) is 3.66. The molecule has 2 aliphatic rings. The molecule has 2 bridgehead atoms. The molecule has 1 aromatic rings. The van der Waals surface area contributed by atoms with Crippen LogP contribution in [0.3, 0.4) is 0 Å². The predicted octanol–water partition coefficient (Wildman–Crippen LogP) is 3.84. The van der Waals surface area contributed by atoms with Gasteiger partial charge in [-0.1, -0.05) is 6.42 Å². The first kappa shape index (κ1) is 13.2. The molecule has 0 spiro atoms. The highest BCUT2D eigenvalue weighted by molar-refractivity contribution is 7.10. The van der Waals surface area contributed by atoms with Crippen LogP contribution in [0.2, 0.25) is 0 Å². The third-order valence-corrected chi connectivity index (χ3v) is 6.10. The SMILES string of the molecule is Cc1ccsc1CN(C)C(=O)CC1CC2CCC1C2. The Morgan fingerprint density at radius 2 is 2.26 bits per heavy atom. The average Bonchev–Trinajstić information content (AvgIpc) is 3.07. The quantitative estimate of drug-likeness (QED) is 0.819. The van der Waals surface area contributed by atoms with E-state index in [9.17, 15) is 4.79 Å². The van der Waals surface area contributed by atoms with Crippen LogP contribution in [0.15, 0.2) is 11.4 Å². The van der Waals surface area contributed by atoms with Crippen molar-refractivity contribution in [2.75, 3.05) is 7.05 Å². The fraction of sp³-hybridized carbons (Fsp3) is 0.688. The van der Waals surface area contributed by atoms with Gasteiger partial charge in [0.05, 0.1) is 6.54 Å². The van der Waals surface area contributed by atoms with Crippen molar-refractivity contribution in [3.05, 3.63) is 21.9 Å². The zero-order chi connectivity index (χ0) is 13.4. The fourth-order valence-electron chi connectivity index (χ4n) is 3.88. The molecule has 2 fully saturated rings. The van der Waals surface area contributed by atoms with E-state index in [0.29, 0.717) is 11.8 Å². The second-order valence-corrected chi connectivity index (χ2v) is 7.42. The maximum atomic E-state index is 12.3. The van der Waals surface area contributed by atoms with E-state index in [-0.39, 0.29) is 0 Å². The number of hydrogen-bond acceptors (Lipinski definition) is 2. The van der Waals surface area contributed by atoms with Gasteiger partial charge in [0.1, 0.15) is 0 Å². The number of hydrogen-bond donors (Lipinski definition) is 0. The Balaban J connectivity index is 1.54. The summed E-state index contributed by atoms with van der Waals surface area (Å²) >= 11 is 1.76. The Morgan fingerprint density at radius 1 is 1.42 bits per heavy atom. The molecule has 2 nitrogen and oxygen atoms in total. The standard InChI is InChI=1S/C16H23NOS/c1-11-5-6-19-15(11)10-17(2)16(18)9-14-8-12-3-4-13(14)7-12/h5-6,12-14H,3-4,7-10H2,1-2H3. The number of nitrogens with zero attached hydrogens (tertiary/aromatic N) is 1. The summed E-state index contributed by atoms with van der Waals surface area (Å²) in [6, 6.07) is 2.13. The van der Waals surface area contributed by atoms with Crippen LogP contribution in [0.5, 0.6) is 0 Å². The molecule has 3 heteroatoms. The molecule has 1 amide bonds. The van der Waals surface area contributed by atoms with Gasteiger partial charge in [0.15, 0.2) is 0 Å². The van der Waals surface area contributed by atoms with Crippen molar-refractivity contribution in [3.63, 3.8) is 0 Å². The highest BCUT2D eigenvalue weighted by atomic mass is 32.1. The summed E-state index contributed by atoms with van der Waals surface area (Å²) in [7, 11) is 1.95. The summed E-state index contributed by atoms with van der Waals surface area (Å²) in [5, 5.41) is 2.11. The Bertz CT molecular complexity index is 467. The van der Waals surface area contributed by atoms with Gasteiger partial charge in [0.2, 0.25) is 5.91 Å². The van der Waals surface area contributed by atoms with Gasteiger partial charge in [-0.3, -0.25) is 4.79 Å². The van der Waals surface area contributed by atoms with Crippen molar-refractivity contribution in [2.24, 2.45) is 17.8 Å². The molecule has 1 heterocycles. The van der Waals surface area contributed by atoms with Crippen molar-refractivity contribution in [3.8, 4) is 0 Å². The molecule has 0 aromatic carbocycles. The van der Waals surface area contributed by atoms with Gasteiger partial charge in [-0.05, 0) is 60.9 Å². The number of amides is 1. The molecular weight excluding hydrogens is 254 g/mol. The molecule has 2 saturated carbocycles. The normalized spacial score (nSPS) is 28.8. The average molecular weight is 277 g/mol. The Hall–Kier alpha value is -0.830. The maximum absolute atomic E-state index is 12.3. The van der Waals surface area contributed by atoms with Crippen molar-refractivity contribution in [1.82, 2.24) is 4.90 Å². The smallest absolute Gasteiger partial charge is 0.222 e. The molecule has 3 atom stereocenters. The van der Waals surface area contributed by atoms with Crippen LogP contribution in [0, 0.1) is 24.7 Å². The van der Waals surface area contributed by atoms with E-state index < -0.39 is 0 Å². The molecule has 3 rings (SSSR count). The van der Waals surface area contributed by atoms with Gasteiger partial charge in [-0.2, -0.15) is 0 Å². The predicted molar refractivity (Wildman–Crippen MR) is 79.1 cm³/mol. The van der Waals surface area contributed by atoms with Crippen LogP contribution >= 0.6 is 11.3 Å². The van der Waals surface area contributed by atoms with E-state index in [1.54, 1.807) is 11.3 Å². The van der Waals surface area contributed by atoms with Gasteiger partial charge in [-0.25, -0.2) is 0 Å². The van der Waals surface area contributed by atoms with E-state index in [0.717, 1.165) is 24.8 Å². The van der Waals surface area contributed by atoms with Crippen LogP contribution in [-0.4, -0.2) is 17.9 Å². The Labute approximate surface area is 119 Å². The maximum Gasteiger partial charge on any atom is 0.222 e. The van der Waals surface area contributed by atoms with Crippen molar-refractivity contribution < 1.29 is 4.79 Å². The first-order valence-electron chi connectivity index (χ1n) is 7.40. The van der Waals surface area contributed by atoms with Gasteiger partial charge >= 0.3 is 0 Å². The molecule has 1 aromatic heterocycles. The number of carbonyl (C=O) groups excluding carboxylic acids is 1. The summed E-state index contributed by atoms with van der Waals surface area (Å²) in [5.41, 5.74) is 1.31. The second-order valence-electron chi connectivity index (χ2n) is 6.42. The second kappa shape index (κ2) is 5.28. The molecule has 104 valence electrons. The highest BCUT2D eigenvalue weighted by Crippen LogP contribution is 2.49. The number of aryl methyl sites for hydroxylation is 1. The lowest BCUT2D eigenvalue weighted by atomic mass is 9.86. The molecule has 2 aliphatic carbocycles. The van der Waals surface area contributed by atoms with Gasteiger partial charge in [0, 0.05) is 18.3 Å². The number of carbonyl (C=O) groups is 1. The van der Waals surface area contributed by atoms with Crippen molar-refractivity contribution >= 4 is 17.2 Å². The van der Waals surface area contributed by atoms with Crippen LogP contribution < -0.4 is 0 Å². The summed E-state index contributed by atoms with van der Waals surface area (Å²) in [6.45, 7) is 2.91. The third-order valence-electron chi connectivity index (χ3n) is 5.10. The minimum atomic E-state index is 0.338. The summed E-state index contributed by atoms with van der Waals surface area (Å²) in [5.74, 6) is 2.81. The molecule has 0 aliphatic heterocycles. The van der Waals surface area contributed by atoms with E-state index in [1.165, 1.54) is 36.1 Å². The molecular formula is C16H23NOS. The zero-order valence-corrected chi connectivity index (χ0v) is 12.7. The molecule has 0 saturated heterocycles. The fourth-order valence-corrected chi connectivity index (χ4v) is 4.83. The number of thiophene rings is 1. The van der Waals surface area contributed by atoms with Crippen LogP contribution in [-0.2, 0) is 11.3 Å². The van der Waals surface area contributed by atoms with Crippen LogP contribution in [0.25, 0.3) is 0 Å². The topological polar surface area (TPSA) is 20.3 Å². The summed E-state index contributed by atoms with van der Waals surface area (Å²) in [6.07, 6.45) is 6.27. The first-order valence-corrected chi connectivity index (χ1v) is 8.28. The van der Waals surface area contributed by atoms with E-state index in [2.05, 4.69) is 18.4 Å². The minimum Gasteiger partial charge on any atom is -0.341 e. The lowest BCUT2D eigenvalue weighted by molar-refractivity contribution is -0.131. The molecule has 19 heavy (non-hydrogen) atoms. The summed E-state index contributed by atoms with van der Waals surface area (Å²) in [4.78, 5) is 15.6. The summed E-state index contributed by atoms with van der Waals surface area (Å²) < 4.78 is 0.